The Morgan fingerprint density at radius 2 is 1.68 bits per heavy atom. The number of carbonyl (C=O) groups is 2. The van der Waals surface area contributed by atoms with E-state index in [1.54, 1.807) is 24.3 Å². The Hall–Kier alpha value is -1.49. The number of rotatable bonds is 8. The lowest BCUT2D eigenvalue weighted by Gasteiger charge is -2.12. The molecule has 0 amide bonds. The predicted molar refractivity (Wildman–Crippen MR) is 75.7 cm³/mol. The van der Waals surface area contributed by atoms with E-state index in [-0.39, 0.29) is 6.42 Å². The second-order valence-corrected chi connectivity index (χ2v) is 4.94. The first-order valence-electron chi connectivity index (χ1n) is 6.16. The van der Waals surface area contributed by atoms with Crippen LogP contribution in [0.3, 0.4) is 0 Å². The lowest BCUT2D eigenvalue weighted by Crippen LogP contribution is -2.16. The molecule has 1 aromatic rings. The van der Waals surface area contributed by atoms with Crippen molar-refractivity contribution in [2.45, 2.75) is 25.7 Å². The van der Waals surface area contributed by atoms with Gasteiger partial charge in [0.05, 0.1) is 12.3 Å². The highest BCUT2D eigenvalue weighted by Gasteiger charge is 2.17. The van der Waals surface area contributed by atoms with E-state index >= 15 is 0 Å². The summed E-state index contributed by atoms with van der Waals surface area (Å²) in [6.07, 6.45) is 1.84. The normalized spacial score (nSPS) is 12.1. The van der Waals surface area contributed by atoms with Gasteiger partial charge in [0, 0.05) is 0 Å². The van der Waals surface area contributed by atoms with Crippen molar-refractivity contribution in [3.63, 3.8) is 0 Å². The van der Waals surface area contributed by atoms with Crippen molar-refractivity contribution >= 4 is 24.6 Å². The van der Waals surface area contributed by atoms with Gasteiger partial charge in [-0.15, -0.1) is 0 Å². The molecule has 0 saturated carbocycles. The summed E-state index contributed by atoms with van der Waals surface area (Å²) in [5.74, 6) is -1.39. The first-order valence-corrected chi connectivity index (χ1v) is 6.79. The maximum absolute atomic E-state index is 11.1. The smallest absolute Gasteiger partial charge is 0.307 e. The van der Waals surface area contributed by atoms with Crippen molar-refractivity contribution in [1.29, 1.82) is 0 Å². The van der Waals surface area contributed by atoms with Gasteiger partial charge in [0.1, 0.15) is 0 Å². The van der Waals surface area contributed by atoms with E-state index in [0.29, 0.717) is 18.6 Å². The third-order valence-corrected chi connectivity index (χ3v) is 3.24. The Balaban J connectivity index is 2.64. The van der Waals surface area contributed by atoms with Crippen molar-refractivity contribution in [3.05, 3.63) is 35.4 Å². The first kappa shape index (κ1) is 15.6. The minimum absolute atomic E-state index is 0.0116. The fourth-order valence-electron chi connectivity index (χ4n) is 1.90. The molecule has 0 aliphatic carbocycles. The zero-order valence-corrected chi connectivity index (χ0v) is 11.5. The van der Waals surface area contributed by atoms with Gasteiger partial charge in [0.15, 0.2) is 0 Å². The molecule has 0 heterocycles. The summed E-state index contributed by atoms with van der Waals surface area (Å²) in [5.41, 5.74) is 1.64. The van der Waals surface area contributed by atoms with E-state index in [0.717, 1.165) is 17.5 Å². The summed E-state index contributed by atoms with van der Waals surface area (Å²) < 4.78 is 0. The van der Waals surface area contributed by atoms with Crippen molar-refractivity contribution in [3.8, 4) is 0 Å². The molecule has 19 heavy (non-hydrogen) atoms. The Bertz CT molecular complexity index is 428. The molecule has 1 atom stereocenters. The minimum Gasteiger partial charge on any atom is -0.481 e. The number of benzene rings is 1. The molecule has 104 valence electrons. The average Bonchev–Trinajstić information content (AvgIpc) is 2.35. The molecule has 5 heteroatoms. The van der Waals surface area contributed by atoms with E-state index < -0.39 is 17.9 Å². The first-order chi connectivity index (χ1) is 9.02. The van der Waals surface area contributed by atoms with Crippen molar-refractivity contribution in [2.75, 3.05) is 5.75 Å². The molecular weight excluding hydrogens is 264 g/mol. The summed E-state index contributed by atoms with van der Waals surface area (Å²) >= 11 is 4.09. The van der Waals surface area contributed by atoms with E-state index in [1.807, 2.05) is 0 Å². The van der Waals surface area contributed by atoms with E-state index in [4.69, 9.17) is 10.2 Å². The van der Waals surface area contributed by atoms with Gasteiger partial charge in [0.25, 0.3) is 0 Å². The third-order valence-electron chi connectivity index (χ3n) is 2.92. The molecule has 0 bridgehead atoms. The SMILES string of the molecule is O=C(O)Cc1ccc(CC(CCCS)C(=O)O)cc1. The van der Waals surface area contributed by atoms with Crippen LogP contribution in [0.15, 0.2) is 24.3 Å². The van der Waals surface area contributed by atoms with Crippen LogP contribution in [0.5, 0.6) is 0 Å². The van der Waals surface area contributed by atoms with Crippen LogP contribution >= 0.6 is 12.6 Å². The lowest BCUT2D eigenvalue weighted by molar-refractivity contribution is -0.142. The maximum atomic E-state index is 11.1. The fourth-order valence-corrected chi connectivity index (χ4v) is 2.09. The van der Waals surface area contributed by atoms with Gasteiger partial charge in [-0.3, -0.25) is 9.59 Å². The summed E-state index contributed by atoms with van der Waals surface area (Å²) in [4.78, 5) is 21.7. The number of thiol groups is 1. The van der Waals surface area contributed by atoms with Crippen LogP contribution in [-0.4, -0.2) is 27.9 Å². The second-order valence-electron chi connectivity index (χ2n) is 4.49. The largest absolute Gasteiger partial charge is 0.481 e. The summed E-state index contributed by atoms with van der Waals surface area (Å²) in [5, 5.41) is 17.8. The highest BCUT2D eigenvalue weighted by atomic mass is 32.1. The van der Waals surface area contributed by atoms with Crippen molar-refractivity contribution < 1.29 is 19.8 Å². The third kappa shape index (κ3) is 5.79. The van der Waals surface area contributed by atoms with Gasteiger partial charge in [-0.25, -0.2) is 0 Å². The van der Waals surface area contributed by atoms with E-state index in [1.165, 1.54) is 0 Å². The van der Waals surface area contributed by atoms with Gasteiger partial charge in [-0.2, -0.15) is 12.6 Å². The number of hydrogen-bond donors (Lipinski definition) is 3. The standard InChI is InChI=1S/C14H18O4S/c15-13(16)9-11-5-3-10(4-6-11)8-12(14(17)18)2-1-7-19/h3-6,12,19H,1-2,7-9H2,(H,15,16)(H,17,18). The lowest BCUT2D eigenvalue weighted by atomic mass is 9.94. The molecule has 2 N–H and O–H groups in total. The molecule has 0 aromatic heterocycles. The monoisotopic (exact) mass is 282 g/mol. The van der Waals surface area contributed by atoms with Crippen LogP contribution in [0.2, 0.25) is 0 Å². The zero-order chi connectivity index (χ0) is 14.3. The van der Waals surface area contributed by atoms with E-state index in [2.05, 4.69) is 12.6 Å². The van der Waals surface area contributed by atoms with Crippen molar-refractivity contribution in [1.82, 2.24) is 0 Å². The van der Waals surface area contributed by atoms with Crippen LogP contribution in [0.4, 0.5) is 0 Å². The zero-order valence-electron chi connectivity index (χ0n) is 10.6. The molecule has 1 rings (SSSR count). The Morgan fingerprint density at radius 3 is 2.16 bits per heavy atom. The molecule has 0 fully saturated rings. The topological polar surface area (TPSA) is 74.6 Å². The Morgan fingerprint density at radius 1 is 1.11 bits per heavy atom. The quantitative estimate of drug-likeness (QED) is 0.639. The second kappa shape index (κ2) is 7.84. The minimum atomic E-state index is -0.870. The Labute approximate surface area is 117 Å². The van der Waals surface area contributed by atoms with Crippen molar-refractivity contribution in [2.24, 2.45) is 5.92 Å². The van der Waals surface area contributed by atoms with E-state index in [9.17, 15) is 9.59 Å². The molecule has 0 spiro atoms. The summed E-state index contributed by atoms with van der Waals surface area (Å²) in [6, 6.07) is 7.08. The van der Waals surface area contributed by atoms with Crippen LogP contribution in [0.25, 0.3) is 0 Å². The highest BCUT2D eigenvalue weighted by Crippen LogP contribution is 2.16. The van der Waals surface area contributed by atoms with Gasteiger partial charge in [-0.1, -0.05) is 24.3 Å². The number of carboxylic acid groups (broad SMARTS) is 2. The molecule has 1 unspecified atom stereocenters. The summed E-state index contributed by atoms with van der Waals surface area (Å²) in [7, 11) is 0. The molecular formula is C14H18O4S. The van der Waals surface area contributed by atoms with Crippen LogP contribution in [0.1, 0.15) is 24.0 Å². The molecule has 4 nitrogen and oxygen atoms in total. The van der Waals surface area contributed by atoms with Crippen LogP contribution in [0, 0.1) is 5.92 Å². The molecule has 1 aromatic carbocycles. The molecule has 0 saturated heterocycles. The number of hydrogen-bond acceptors (Lipinski definition) is 3. The fraction of sp³-hybridized carbons (Fsp3) is 0.429. The number of carboxylic acids is 2. The van der Waals surface area contributed by atoms with Gasteiger partial charge in [0.2, 0.25) is 0 Å². The summed E-state index contributed by atoms with van der Waals surface area (Å²) in [6.45, 7) is 0. The average molecular weight is 282 g/mol. The predicted octanol–water partition coefficient (Wildman–Crippen LogP) is 2.27. The van der Waals surface area contributed by atoms with Gasteiger partial charge < -0.3 is 10.2 Å². The van der Waals surface area contributed by atoms with Crippen LogP contribution < -0.4 is 0 Å². The van der Waals surface area contributed by atoms with Gasteiger partial charge >= 0.3 is 11.9 Å². The van der Waals surface area contributed by atoms with Crippen LogP contribution in [-0.2, 0) is 22.4 Å². The Kier molecular flexibility index (Phi) is 6.42. The molecule has 0 aliphatic heterocycles. The number of aliphatic carboxylic acids is 2. The van der Waals surface area contributed by atoms with Gasteiger partial charge in [-0.05, 0) is 36.1 Å². The molecule has 0 radical (unpaired) electrons. The highest BCUT2D eigenvalue weighted by molar-refractivity contribution is 7.80. The molecule has 0 aliphatic rings. The maximum Gasteiger partial charge on any atom is 0.307 e.